The third-order valence-electron chi connectivity index (χ3n) is 2.97. The summed E-state index contributed by atoms with van der Waals surface area (Å²) < 4.78 is 1.27. The van der Waals surface area contributed by atoms with Crippen LogP contribution in [0.4, 0.5) is 0 Å². The Morgan fingerprint density at radius 2 is 2.28 bits per heavy atom. The lowest BCUT2D eigenvalue weighted by atomic mass is 10.3. The van der Waals surface area contributed by atoms with E-state index in [0.29, 0.717) is 0 Å². The highest BCUT2D eigenvalue weighted by Crippen LogP contribution is 2.31. The molecule has 1 saturated heterocycles. The summed E-state index contributed by atoms with van der Waals surface area (Å²) in [6.07, 6.45) is 3.45. The number of rotatable bonds is 3. The number of benzene rings is 1. The fraction of sp³-hybridized carbons (Fsp3) is 0.357. The molecule has 2 heterocycles. The standard InChI is InChI=1S/C14H16N2S2/c1-2-7-16-8-9-17-14(16)10-13-15-11-5-3-4-6-12(11)18-13/h3-6,10H,2,7-9H2,1H3. The van der Waals surface area contributed by atoms with Gasteiger partial charge in [-0.2, -0.15) is 0 Å². The highest BCUT2D eigenvalue weighted by Gasteiger charge is 2.17. The van der Waals surface area contributed by atoms with Crippen LogP contribution in [-0.2, 0) is 0 Å². The van der Waals surface area contributed by atoms with Crippen molar-refractivity contribution in [3.8, 4) is 0 Å². The summed E-state index contributed by atoms with van der Waals surface area (Å²) in [5, 5.41) is 2.51. The van der Waals surface area contributed by atoms with E-state index in [-0.39, 0.29) is 0 Å². The molecule has 1 aliphatic rings. The summed E-state index contributed by atoms with van der Waals surface area (Å²) in [5.41, 5.74) is 1.11. The van der Waals surface area contributed by atoms with Gasteiger partial charge in [0.25, 0.3) is 0 Å². The van der Waals surface area contributed by atoms with Crippen molar-refractivity contribution in [3.05, 3.63) is 34.3 Å². The molecule has 0 radical (unpaired) electrons. The van der Waals surface area contributed by atoms with E-state index in [9.17, 15) is 0 Å². The molecule has 0 spiro atoms. The van der Waals surface area contributed by atoms with Gasteiger partial charge in [0.05, 0.1) is 15.2 Å². The van der Waals surface area contributed by atoms with Gasteiger partial charge in [-0.1, -0.05) is 19.1 Å². The molecular formula is C14H16N2S2. The second-order valence-electron chi connectivity index (χ2n) is 4.34. The van der Waals surface area contributed by atoms with Gasteiger partial charge in [-0.05, 0) is 18.6 Å². The Bertz CT molecular complexity index is 541. The Morgan fingerprint density at radius 1 is 1.39 bits per heavy atom. The van der Waals surface area contributed by atoms with E-state index in [1.807, 2.05) is 17.8 Å². The number of aromatic nitrogens is 1. The number of hydrogen-bond acceptors (Lipinski definition) is 4. The highest BCUT2D eigenvalue weighted by molar-refractivity contribution is 8.03. The van der Waals surface area contributed by atoms with E-state index in [4.69, 9.17) is 0 Å². The lowest BCUT2D eigenvalue weighted by Gasteiger charge is -2.17. The first-order chi connectivity index (χ1) is 8.86. The van der Waals surface area contributed by atoms with Gasteiger partial charge in [0.2, 0.25) is 0 Å². The second kappa shape index (κ2) is 5.33. The lowest BCUT2D eigenvalue weighted by molar-refractivity contribution is 0.404. The molecule has 2 nitrogen and oxygen atoms in total. The van der Waals surface area contributed by atoms with Gasteiger partial charge in [-0.3, -0.25) is 0 Å². The quantitative estimate of drug-likeness (QED) is 0.841. The molecule has 2 aromatic rings. The van der Waals surface area contributed by atoms with Crippen LogP contribution >= 0.6 is 23.1 Å². The number of hydrogen-bond donors (Lipinski definition) is 0. The fourth-order valence-corrected chi connectivity index (χ4v) is 4.20. The summed E-state index contributed by atoms with van der Waals surface area (Å²) in [4.78, 5) is 7.14. The summed E-state index contributed by atoms with van der Waals surface area (Å²) >= 11 is 3.73. The predicted octanol–water partition coefficient (Wildman–Crippen LogP) is 4.05. The zero-order valence-electron chi connectivity index (χ0n) is 10.4. The predicted molar refractivity (Wildman–Crippen MR) is 81.9 cm³/mol. The van der Waals surface area contributed by atoms with Crippen LogP contribution in [-0.4, -0.2) is 28.7 Å². The molecule has 1 aromatic carbocycles. The monoisotopic (exact) mass is 276 g/mol. The topological polar surface area (TPSA) is 16.1 Å². The van der Waals surface area contributed by atoms with Crippen molar-refractivity contribution in [3.63, 3.8) is 0 Å². The number of para-hydroxylation sites is 1. The summed E-state index contributed by atoms with van der Waals surface area (Å²) in [6.45, 7) is 4.57. The summed E-state index contributed by atoms with van der Waals surface area (Å²) in [6, 6.07) is 8.35. The van der Waals surface area contributed by atoms with Crippen LogP contribution in [0, 0.1) is 0 Å². The molecule has 0 atom stereocenters. The van der Waals surface area contributed by atoms with Crippen LogP contribution in [0.5, 0.6) is 0 Å². The highest BCUT2D eigenvalue weighted by atomic mass is 32.2. The van der Waals surface area contributed by atoms with Crippen molar-refractivity contribution in [2.75, 3.05) is 18.8 Å². The molecule has 18 heavy (non-hydrogen) atoms. The molecule has 0 aliphatic carbocycles. The van der Waals surface area contributed by atoms with Crippen molar-refractivity contribution >= 4 is 39.4 Å². The minimum atomic E-state index is 1.11. The van der Waals surface area contributed by atoms with Crippen molar-refractivity contribution in [2.45, 2.75) is 13.3 Å². The van der Waals surface area contributed by atoms with Crippen molar-refractivity contribution in [1.82, 2.24) is 9.88 Å². The average molecular weight is 276 g/mol. The largest absolute Gasteiger partial charge is 0.365 e. The van der Waals surface area contributed by atoms with Crippen LogP contribution in [0.1, 0.15) is 18.4 Å². The number of thiazole rings is 1. The minimum absolute atomic E-state index is 1.11. The van der Waals surface area contributed by atoms with E-state index >= 15 is 0 Å². The van der Waals surface area contributed by atoms with Gasteiger partial charge in [0.15, 0.2) is 0 Å². The number of nitrogens with zero attached hydrogens (tertiary/aromatic N) is 2. The Kier molecular flexibility index (Phi) is 3.57. The van der Waals surface area contributed by atoms with E-state index < -0.39 is 0 Å². The second-order valence-corrected chi connectivity index (χ2v) is 6.52. The van der Waals surface area contributed by atoms with E-state index in [1.54, 1.807) is 11.3 Å². The Morgan fingerprint density at radius 3 is 3.11 bits per heavy atom. The molecule has 0 saturated carbocycles. The molecular weight excluding hydrogens is 260 g/mol. The molecule has 3 rings (SSSR count). The molecule has 0 N–H and O–H groups in total. The van der Waals surface area contributed by atoms with E-state index in [0.717, 1.165) is 17.1 Å². The van der Waals surface area contributed by atoms with Crippen LogP contribution in [0.2, 0.25) is 0 Å². The van der Waals surface area contributed by atoms with E-state index in [1.165, 1.54) is 28.4 Å². The van der Waals surface area contributed by atoms with Gasteiger partial charge in [0, 0.05) is 24.9 Å². The summed E-state index contributed by atoms with van der Waals surface area (Å²) in [7, 11) is 0. The number of thioether (sulfide) groups is 1. The normalized spacial score (nSPS) is 18.1. The first-order valence-electron chi connectivity index (χ1n) is 6.32. The number of fused-ring (bicyclic) bond motifs is 1. The first kappa shape index (κ1) is 12.1. The van der Waals surface area contributed by atoms with Crippen LogP contribution in [0.15, 0.2) is 29.3 Å². The van der Waals surface area contributed by atoms with Crippen LogP contribution < -0.4 is 0 Å². The Labute approximate surface area is 116 Å². The molecule has 1 aromatic heterocycles. The third kappa shape index (κ3) is 2.40. The van der Waals surface area contributed by atoms with Gasteiger partial charge < -0.3 is 4.90 Å². The van der Waals surface area contributed by atoms with Crippen LogP contribution in [0.3, 0.4) is 0 Å². The lowest BCUT2D eigenvalue weighted by Crippen LogP contribution is -2.18. The van der Waals surface area contributed by atoms with Crippen molar-refractivity contribution in [1.29, 1.82) is 0 Å². The smallest absolute Gasteiger partial charge is 0.119 e. The van der Waals surface area contributed by atoms with Crippen molar-refractivity contribution < 1.29 is 0 Å². The first-order valence-corrected chi connectivity index (χ1v) is 8.12. The third-order valence-corrected chi connectivity index (χ3v) is 5.02. The zero-order valence-corrected chi connectivity index (χ0v) is 12.1. The maximum Gasteiger partial charge on any atom is 0.119 e. The minimum Gasteiger partial charge on any atom is -0.365 e. The van der Waals surface area contributed by atoms with Crippen molar-refractivity contribution in [2.24, 2.45) is 0 Å². The SMILES string of the molecule is CCCN1CCSC1=Cc1nc2ccccc2s1. The zero-order chi connectivity index (χ0) is 12.4. The summed E-state index contributed by atoms with van der Waals surface area (Å²) in [5.74, 6) is 1.21. The van der Waals surface area contributed by atoms with E-state index in [2.05, 4.69) is 41.1 Å². The van der Waals surface area contributed by atoms with Crippen LogP contribution in [0.25, 0.3) is 16.3 Å². The van der Waals surface area contributed by atoms with Gasteiger partial charge >= 0.3 is 0 Å². The molecule has 1 fully saturated rings. The fourth-order valence-electron chi connectivity index (χ4n) is 2.14. The molecule has 0 amide bonds. The van der Waals surface area contributed by atoms with Gasteiger partial charge in [0.1, 0.15) is 5.01 Å². The molecule has 1 aliphatic heterocycles. The molecule has 0 unspecified atom stereocenters. The Balaban J connectivity index is 1.90. The molecule has 0 bridgehead atoms. The molecule has 94 valence electrons. The molecule has 4 heteroatoms. The van der Waals surface area contributed by atoms with Gasteiger partial charge in [-0.25, -0.2) is 4.98 Å². The Hall–Kier alpha value is -1.00. The maximum atomic E-state index is 4.67. The average Bonchev–Trinajstić information content (AvgIpc) is 2.97. The van der Waals surface area contributed by atoms with Gasteiger partial charge in [-0.15, -0.1) is 23.1 Å². The maximum absolute atomic E-state index is 4.67.